The van der Waals surface area contributed by atoms with Crippen molar-refractivity contribution in [3.63, 3.8) is 0 Å². The maximum absolute atomic E-state index is 9.70. The van der Waals surface area contributed by atoms with Gasteiger partial charge in [-0.25, -0.2) is 0 Å². The molecule has 0 spiro atoms. The summed E-state index contributed by atoms with van der Waals surface area (Å²) < 4.78 is 0. The first-order chi connectivity index (χ1) is 4.09. The van der Waals surface area contributed by atoms with Crippen LogP contribution in [0, 0.1) is 26.6 Å². The van der Waals surface area contributed by atoms with Crippen molar-refractivity contribution in [1.29, 1.82) is 0 Å². The Bertz CT molecular complexity index is 120. The molecule has 0 fully saturated rings. The molecule has 51 valence electrons. The molecule has 0 saturated heterocycles. The van der Waals surface area contributed by atoms with Gasteiger partial charge < -0.3 is 0 Å². The van der Waals surface area contributed by atoms with Crippen LogP contribution >= 0.6 is 0 Å². The van der Waals surface area contributed by atoms with Gasteiger partial charge in [0.15, 0.2) is 0 Å². The molecule has 0 unspecified atom stereocenters. The van der Waals surface area contributed by atoms with Crippen molar-refractivity contribution in [3.8, 4) is 0 Å². The third kappa shape index (κ3) is 2.02. The fourth-order valence-corrected chi connectivity index (χ4v) is 0.320. The molecule has 0 aromatic rings. The normalized spacial score (nSPS) is 9.56. The highest BCUT2D eigenvalue weighted by atomic mass is 16.7. The van der Waals surface area contributed by atoms with Crippen LogP contribution < -0.4 is 0 Å². The summed E-state index contributed by atoms with van der Waals surface area (Å²) in [5.74, 6) is 0. The second kappa shape index (κ2) is 2.95. The Balaban J connectivity index is 3.99. The molecule has 6 heteroatoms. The topological polar surface area (TPSA) is 86.3 Å². The summed E-state index contributed by atoms with van der Waals surface area (Å²) in [4.78, 5) is 17.5. The zero-order chi connectivity index (χ0) is 7.44. The monoisotopic (exact) mass is 133 g/mol. The van der Waals surface area contributed by atoms with E-state index in [9.17, 15) is 20.2 Å². The maximum atomic E-state index is 9.70. The quantitative estimate of drug-likeness (QED) is 0.310. The van der Waals surface area contributed by atoms with E-state index >= 15 is 0 Å². The zero-order valence-electron chi connectivity index (χ0n) is 4.68. The standard InChI is InChI=1S/C3H5N2O4/c1-2-3(4(6)7)5(8)9/h2-3H,1H3. The van der Waals surface area contributed by atoms with Crippen molar-refractivity contribution >= 4 is 0 Å². The lowest BCUT2D eigenvalue weighted by molar-refractivity contribution is -0.731. The molecule has 6 nitrogen and oxygen atoms in total. The van der Waals surface area contributed by atoms with Crippen LogP contribution in [0.2, 0.25) is 0 Å². The number of hydrogen-bond acceptors (Lipinski definition) is 4. The van der Waals surface area contributed by atoms with E-state index in [-0.39, 0.29) is 0 Å². The van der Waals surface area contributed by atoms with Gasteiger partial charge >= 0.3 is 6.17 Å². The molecule has 0 saturated carbocycles. The average Bonchev–Trinajstić information content (AvgIpc) is 1.64. The first kappa shape index (κ1) is 7.80. The van der Waals surface area contributed by atoms with E-state index < -0.39 is 16.0 Å². The van der Waals surface area contributed by atoms with E-state index in [2.05, 4.69) is 0 Å². The van der Waals surface area contributed by atoms with Gasteiger partial charge in [0.05, 0.1) is 9.85 Å². The highest BCUT2D eigenvalue weighted by Gasteiger charge is 2.29. The van der Waals surface area contributed by atoms with Gasteiger partial charge in [-0.1, -0.05) is 0 Å². The van der Waals surface area contributed by atoms with Crippen molar-refractivity contribution in [2.75, 3.05) is 0 Å². The molecule has 0 aromatic carbocycles. The van der Waals surface area contributed by atoms with E-state index in [1.807, 2.05) is 0 Å². The minimum absolute atomic E-state index is 0.917. The lowest BCUT2D eigenvalue weighted by atomic mass is 10.4. The largest absolute Gasteiger partial charge is 0.454 e. The number of rotatable bonds is 3. The van der Waals surface area contributed by atoms with Crippen molar-refractivity contribution in [2.24, 2.45) is 0 Å². The van der Waals surface area contributed by atoms with Gasteiger partial charge in [-0.15, -0.1) is 0 Å². The van der Waals surface area contributed by atoms with E-state index in [1.165, 1.54) is 6.92 Å². The van der Waals surface area contributed by atoms with Crippen LogP contribution in [0.3, 0.4) is 0 Å². The summed E-state index contributed by atoms with van der Waals surface area (Å²) in [5.41, 5.74) is 0. The smallest absolute Gasteiger partial charge is 0.259 e. The summed E-state index contributed by atoms with van der Waals surface area (Å²) in [6.07, 6.45) is -0.843. The van der Waals surface area contributed by atoms with Gasteiger partial charge in [0.2, 0.25) is 0 Å². The second-order valence-corrected chi connectivity index (χ2v) is 1.32. The third-order valence-electron chi connectivity index (χ3n) is 0.730. The molecule has 0 aliphatic heterocycles. The highest BCUT2D eigenvalue weighted by Crippen LogP contribution is 1.93. The van der Waals surface area contributed by atoms with Crippen molar-refractivity contribution in [3.05, 3.63) is 26.6 Å². The van der Waals surface area contributed by atoms with Gasteiger partial charge in [-0.2, -0.15) is 0 Å². The SMILES string of the molecule is C[CH]C([N+](=O)[O-])[N+](=O)[O-]. The van der Waals surface area contributed by atoms with Crippen LogP contribution in [0.5, 0.6) is 0 Å². The Kier molecular flexibility index (Phi) is 2.56. The average molecular weight is 133 g/mol. The summed E-state index contributed by atoms with van der Waals surface area (Å²) in [6, 6.07) is 0. The summed E-state index contributed by atoms with van der Waals surface area (Å²) in [6.45, 7) is 1.27. The summed E-state index contributed by atoms with van der Waals surface area (Å²) >= 11 is 0. The van der Waals surface area contributed by atoms with Gasteiger partial charge in [-0.05, 0) is 6.92 Å². The molecule has 0 aromatic heterocycles. The molecule has 1 radical (unpaired) electrons. The van der Waals surface area contributed by atoms with Crippen LogP contribution in [0.25, 0.3) is 0 Å². The van der Waals surface area contributed by atoms with Crippen LogP contribution in [0.15, 0.2) is 0 Å². The van der Waals surface area contributed by atoms with Crippen molar-refractivity contribution in [1.82, 2.24) is 0 Å². The Hall–Kier alpha value is -1.20. The maximum Gasteiger partial charge on any atom is 0.454 e. The first-order valence-electron chi connectivity index (χ1n) is 2.16. The van der Waals surface area contributed by atoms with Crippen molar-refractivity contribution < 1.29 is 9.85 Å². The van der Waals surface area contributed by atoms with Crippen LogP contribution in [0.4, 0.5) is 0 Å². The Morgan fingerprint density at radius 1 is 1.33 bits per heavy atom. The number of nitro groups is 2. The minimum Gasteiger partial charge on any atom is -0.259 e. The van der Waals surface area contributed by atoms with Crippen LogP contribution in [0.1, 0.15) is 6.92 Å². The van der Waals surface area contributed by atoms with E-state index in [1.54, 1.807) is 0 Å². The molecule has 0 heterocycles. The molecule has 0 amide bonds. The highest BCUT2D eigenvalue weighted by molar-refractivity contribution is 4.57. The van der Waals surface area contributed by atoms with Crippen LogP contribution in [-0.2, 0) is 0 Å². The molecule has 0 N–H and O–H groups in total. The summed E-state index contributed by atoms with van der Waals surface area (Å²) in [5, 5.41) is 19.4. The fraction of sp³-hybridized carbons (Fsp3) is 0.667. The van der Waals surface area contributed by atoms with Crippen molar-refractivity contribution in [2.45, 2.75) is 13.1 Å². The van der Waals surface area contributed by atoms with Gasteiger partial charge in [0.1, 0.15) is 6.42 Å². The number of hydrogen-bond donors (Lipinski definition) is 0. The lowest BCUT2D eigenvalue weighted by Gasteiger charge is -1.94. The Morgan fingerprint density at radius 2 is 1.67 bits per heavy atom. The second-order valence-electron chi connectivity index (χ2n) is 1.32. The molecule has 9 heavy (non-hydrogen) atoms. The molecule has 0 aliphatic carbocycles. The lowest BCUT2D eigenvalue weighted by Crippen LogP contribution is -2.27. The van der Waals surface area contributed by atoms with E-state index in [4.69, 9.17) is 0 Å². The zero-order valence-corrected chi connectivity index (χ0v) is 4.68. The van der Waals surface area contributed by atoms with E-state index in [0.29, 0.717) is 0 Å². The third-order valence-corrected chi connectivity index (χ3v) is 0.730. The first-order valence-corrected chi connectivity index (χ1v) is 2.16. The number of nitrogens with zero attached hydrogens (tertiary/aromatic N) is 2. The van der Waals surface area contributed by atoms with Gasteiger partial charge in [0.25, 0.3) is 0 Å². The van der Waals surface area contributed by atoms with E-state index in [0.717, 1.165) is 6.42 Å². The molecule has 0 bridgehead atoms. The predicted octanol–water partition coefficient (Wildman–Crippen LogP) is 0.0901. The van der Waals surface area contributed by atoms with Crippen LogP contribution in [-0.4, -0.2) is 16.0 Å². The molecule has 0 aliphatic rings. The van der Waals surface area contributed by atoms with Gasteiger partial charge in [0, 0.05) is 0 Å². The fourth-order valence-electron chi connectivity index (χ4n) is 0.320. The summed E-state index contributed by atoms with van der Waals surface area (Å²) in [7, 11) is 0. The Morgan fingerprint density at radius 3 is 1.67 bits per heavy atom. The van der Waals surface area contributed by atoms with Gasteiger partial charge in [-0.3, -0.25) is 20.2 Å². The molecular weight excluding hydrogens is 128 g/mol. The predicted molar refractivity (Wildman–Crippen MR) is 27.8 cm³/mol. The Labute approximate surface area is 50.8 Å². The minimum atomic E-state index is -1.76. The molecule has 0 atom stereocenters. The molecule has 0 rings (SSSR count). The molecular formula is C3H5N2O4.